The monoisotopic (exact) mass is 506 g/mol. The fraction of sp³-hybridized carbons (Fsp3) is 0.250. The van der Waals surface area contributed by atoms with Crippen LogP contribution < -0.4 is 4.72 Å². The minimum absolute atomic E-state index is 0.00479. The predicted octanol–water partition coefficient (Wildman–Crippen LogP) is 4.81. The summed E-state index contributed by atoms with van der Waals surface area (Å²) in [5.41, 5.74) is 1.64. The maximum Gasteiger partial charge on any atom is 0.243 e. The van der Waals surface area contributed by atoms with Crippen LogP contribution in [0.2, 0.25) is 5.02 Å². The van der Waals surface area contributed by atoms with Gasteiger partial charge in [-0.1, -0.05) is 61.0 Å². The maximum absolute atomic E-state index is 13.4. The quantitative estimate of drug-likeness (QED) is 0.428. The average Bonchev–Trinajstić information content (AvgIpc) is 2.82. The second-order valence-electron chi connectivity index (χ2n) is 7.72. The van der Waals surface area contributed by atoms with Gasteiger partial charge in [0.05, 0.1) is 9.79 Å². The topological polar surface area (TPSA) is 83.6 Å². The number of nitrogens with zero attached hydrogens (tertiary/aromatic N) is 1. The first-order valence-electron chi connectivity index (χ1n) is 10.5. The molecule has 176 valence electrons. The summed E-state index contributed by atoms with van der Waals surface area (Å²) in [6.45, 7) is 4.10. The molecule has 33 heavy (non-hydrogen) atoms. The maximum atomic E-state index is 13.4. The van der Waals surface area contributed by atoms with Gasteiger partial charge in [-0.3, -0.25) is 0 Å². The first-order chi connectivity index (χ1) is 15.6. The van der Waals surface area contributed by atoms with Gasteiger partial charge in [-0.2, -0.15) is 4.31 Å². The van der Waals surface area contributed by atoms with E-state index in [1.54, 1.807) is 24.3 Å². The summed E-state index contributed by atoms with van der Waals surface area (Å²) in [5, 5.41) is 0.578. The Balaban J connectivity index is 1.82. The molecule has 0 radical (unpaired) electrons. The van der Waals surface area contributed by atoms with Crippen molar-refractivity contribution in [3.8, 4) is 0 Å². The normalized spacial score (nSPS) is 13.2. The molecule has 0 amide bonds. The molecule has 0 aliphatic carbocycles. The van der Waals surface area contributed by atoms with Crippen molar-refractivity contribution in [3.63, 3.8) is 0 Å². The molecule has 6 nitrogen and oxygen atoms in total. The Hall–Kier alpha value is -2.23. The van der Waals surface area contributed by atoms with Crippen LogP contribution in [0.4, 0.5) is 0 Å². The summed E-state index contributed by atoms with van der Waals surface area (Å²) in [7, 11) is -7.64. The van der Waals surface area contributed by atoms with Crippen molar-refractivity contribution in [1.29, 1.82) is 0 Å². The van der Waals surface area contributed by atoms with Crippen LogP contribution in [0.25, 0.3) is 0 Å². The zero-order valence-corrected chi connectivity index (χ0v) is 20.9. The van der Waals surface area contributed by atoms with Crippen LogP contribution in [0.15, 0.2) is 88.7 Å². The zero-order valence-electron chi connectivity index (χ0n) is 18.5. The zero-order chi connectivity index (χ0) is 24.1. The molecule has 0 aliphatic heterocycles. The molecule has 0 saturated heterocycles. The lowest BCUT2D eigenvalue weighted by atomic mass is 10.2. The molecule has 3 aromatic rings. The average molecular weight is 507 g/mol. The Labute approximate surface area is 201 Å². The van der Waals surface area contributed by atoms with E-state index in [2.05, 4.69) is 4.72 Å². The largest absolute Gasteiger partial charge is 0.243 e. The lowest BCUT2D eigenvalue weighted by Gasteiger charge is -2.28. The fourth-order valence-corrected chi connectivity index (χ4v) is 6.07. The van der Waals surface area contributed by atoms with Gasteiger partial charge in [-0.25, -0.2) is 21.6 Å². The smallest absolute Gasteiger partial charge is 0.207 e. The van der Waals surface area contributed by atoms with Gasteiger partial charge in [0.1, 0.15) is 0 Å². The summed E-state index contributed by atoms with van der Waals surface area (Å²) >= 11 is 5.95. The summed E-state index contributed by atoms with van der Waals surface area (Å²) in [4.78, 5) is 0.0453. The highest BCUT2D eigenvalue weighted by Gasteiger charge is 2.29. The van der Waals surface area contributed by atoms with Crippen molar-refractivity contribution in [2.75, 3.05) is 0 Å². The summed E-state index contributed by atoms with van der Waals surface area (Å²) in [6, 6.07) is 21.2. The van der Waals surface area contributed by atoms with Crippen molar-refractivity contribution < 1.29 is 16.8 Å². The molecule has 0 aromatic heterocycles. The van der Waals surface area contributed by atoms with Crippen molar-refractivity contribution in [1.82, 2.24) is 9.03 Å². The van der Waals surface area contributed by atoms with Gasteiger partial charge in [0.25, 0.3) is 0 Å². The highest BCUT2D eigenvalue weighted by atomic mass is 35.5. The first-order valence-corrected chi connectivity index (χ1v) is 13.8. The van der Waals surface area contributed by atoms with Crippen LogP contribution in [-0.4, -0.2) is 27.2 Å². The molecule has 3 aromatic carbocycles. The second kappa shape index (κ2) is 10.8. The van der Waals surface area contributed by atoms with E-state index < -0.39 is 20.0 Å². The van der Waals surface area contributed by atoms with Crippen LogP contribution in [0.5, 0.6) is 0 Å². The lowest BCUT2D eigenvalue weighted by molar-refractivity contribution is 0.323. The molecule has 0 bridgehead atoms. The van der Waals surface area contributed by atoms with Crippen LogP contribution in [-0.2, 0) is 33.1 Å². The number of hydrogen-bond donors (Lipinski definition) is 1. The van der Waals surface area contributed by atoms with Crippen LogP contribution in [0.3, 0.4) is 0 Å². The van der Waals surface area contributed by atoms with Crippen LogP contribution >= 0.6 is 11.6 Å². The van der Waals surface area contributed by atoms with E-state index >= 15 is 0 Å². The van der Waals surface area contributed by atoms with E-state index in [1.807, 2.05) is 44.2 Å². The van der Waals surface area contributed by atoms with Crippen LogP contribution in [0, 0.1) is 0 Å². The number of halogens is 1. The van der Waals surface area contributed by atoms with Gasteiger partial charge in [0.15, 0.2) is 0 Å². The number of benzene rings is 3. The SMILES string of the molecule is CCC(C)N(Cc1ccc(Cl)cc1)S(=O)(=O)c1ccc(S(=O)(=O)NCc2ccccc2)cc1. The third-order valence-electron chi connectivity index (χ3n) is 5.38. The minimum Gasteiger partial charge on any atom is -0.207 e. The van der Waals surface area contributed by atoms with Crippen LogP contribution in [0.1, 0.15) is 31.4 Å². The molecular formula is C24H27ClN2O4S2. The van der Waals surface area contributed by atoms with Gasteiger partial charge in [-0.15, -0.1) is 0 Å². The molecule has 0 aliphatic rings. The molecule has 1 unspecified atom stereocenters. The van der Waals surface area contributed by atoms with Gasteiger partial charge in [0.2, 0.25) is 20.0 Å². The number of rotatable bonds is 10. The van der Waals surface area contributed by atoms with E-state index in [1.165, 1.54) is 28.6 Å². The van der Waals surface area contributed by atoms with Crippen molar-refractivity contribution >= 4 is 31.6 Å². The number of sulfonamides is 2. The number of hydrogen-bond acceptors (Lipinski definition) is 4. The van der Waals surface area contributed by atoms with Crippen molar-refractivity contribution in [2.45, 2.75) is 49.2 Å². The second-order valence-corrected chi connectivity index (χ2v) is 11.8. The molecule has 1 N–H and O–H groups in total. The molecule has 1 atom stereocenters. The summed E-state index contributed by atoms with van der Waals surface area (Å²) in [6.07, 6.45) is 0.628. The fourth-order valence-electron chi connectivity index (χ4n) is 3.23. The van der Waals surface area contributed by atoms with Gasteiger partial charge in [0, 0.05) is 24.2 Å². The minimum atomic E-state index is -3.85. The highest BCUT2D eigenvalue weighted by Crippen LogP contribution is 2.24. The van der Waals surface area contributed by atoms with E-state index in [-0.39, 0.29) is 28.9 Å². The summed E-state index contributed by atoms with van der Waals surface area (Å²) in [5.74, 6) is 0. The molecule has 0 fully saturated rings. The molecule has 0 spiro atoms. The third kappa shape index (κ3) is 6.43. The Morgan fingerprint density at radius 1 is 0.818 bits per heavy atom. The van der Waals surface area contributed by atoms with Crippen molar-refractivity contribution in [2.24, 2.45) is 0 Å². The van der Waals surface area contributed by atoms with E-state index in [9.17, 15) is 16.8 Å². The Morgan fingerprint density at radius 2 is 1.39 bits per heavy atom. The Kier molecular flexibility index (Phi) is 8.31. The van der Waals surface area contributed by atoms with E-state index in [4.69, 9.17) is 11.6 Å². The van der Waals surface area contributed by atoms with Gasteiger partial charge in [-0.05, 0) is 60.9 Å². The molecule has 3 rings (SSSR count). The molecular weight excluding hydrogens is 480 g/mol. The predicted molar refractivity (Wildman–Crippen MR) is 131 cm³/mol. The summed E-state index contributed by atoms with van der Waals surface area (Å²) < 4.78 is 56.1. The Bertz CT molecular complexity index is 1260. The standard InChI is InChI=1S/C24H27ClN2O4S2/c1-3-19(2)27(18-21-9-11-22(25)12-10-21)33(30,31)24-15-13-23(14-16-24)32(28,29)26-17-20-7-5-4-6-8-20/h4-16,19,26H,3,17-18H2,1-2H3. The highest BCUT2D eigenvalue weighted by molar-refractivity contribution is 7.89. The van der Waals surface area contributed by atoms with Crippen molar-refractivity contribution in [3.05, 3.63) is 95.0 Å². The van der Waals surface area contributed by atoms with E-state index in [0.717, 1.165) is 11.1 Å². The van der Waals surface area contributed by atoms with Gasteiger partial charge < -0.3 is 0 Å². The molecule has 0 heterocycles. The van der Waals surface area contributed by atoms with E-state index in [0.29, 0.717) is 11.4 Å². The van der Waals surface area contributed by atoms with Gasteiger partial charge >= 0.3 is 0 Å². The first kappa shape index (κ1) is 25.4. The number of nitrogens with one attached hydrogen (secondary N) is 1. The Morgan fingerprint density at radius 3 is 1.97 bits per heavy atom. The third-order valence-corrected chi connectivity index (χ3v) is 9.03. The lowest BCUT2D eigenvalue weighted by Crippen LogP contribution is -2.37. The molecule has 9 heteroatoms. The molecule has 0 saturated carbocycles.